The normalized spacial score (nSPS) is 11.1. The average Bonchev–Trinajstić information content (AvgIpc) is 3.29. The van der Waals surface area contributed by atoms with Crippen molar-refractivity contribution in [2.75, 3.05) is 11.9 Å². The number of fused-ring (bicyclic) bond motifs is 2. The van der Waals surface area contributed by atoms with Crippen molar-refractivity contribution in [1.29, 1.82) is 0 Å². The second kappa shape index (κ2) is 7.47. The summed E-state index contributed by atoms with van der Waals surface area (Å²) in [6.45, 7) is -0.884. The summed E-state index contributed by atoms with van der Waals surface area (Å²) in [5.41, 5.74) is 0.832. The Labute approximate surface area is 163 Å². The van der Waals surface area contributed by atoms with Gasteiger partial charge in [0.15, 0.2) is 29.2 Å². The molecule has 0 saturated heterocycles. The van der Waals surface area contributed by atoms with Gasteiger partial charge in [-0.2, -0.15) is 0 Å². The van der Waals surface area contributed by atoms with Gasteiger partial charge in [-0.3, -0.25) is 14.9 Å². The van der Waals surface area contributed by atoms with E-state index in [4.69, 9.17) is 4.74 Å². The van der Waals surface area contributed by atoms with Crippen molar-refractivity contribution in [3.05, 3.63) is 47.8 Å². The number of ether oxygens (including phenoxy) is 1. The number of rotatable bonds is 5. The molecule has 4 rings (SSSR count). The van der Waals surface area contributed by atoms with Crippen LogP contribution in [0.15, 0.2) is 30.3 Å². The van der Waals surface area contributed by atoms with Crippen molar-refractivity contribution >= 4 is 49.6 Å². The van der Waals surface area contributed by atoms with Gasteiger partial charge in [0.25, 0.3) is 5.91 Å². The number of hydrogen-bond acceptors (Lipinski definition) is 7. The zero-order valence-corrected chi connectivity index (χ0v) is 15.2. The van der Waals surface area contributed by atoms with Crippen molar-refractivity contribution in [3.63, 3.8) is 0 Å². The lowest BCUT2D eigenvalue weighted by Gasteiger charge is -2.05. The number of carbonyl (C=O) groups is 2. The lowest BCUT2D eigenvalue weighted by Crippen LogP contribution is -2.23. The van der Waals surface area contributed by atoms with Crippen molar-refractivity contribution in [1.82, 2.24) is 20.0 Å². The number of halogens is 3. The molecule has 0 radical (unpaired) electrons. The zero-order valence-electron chi connectivity index (χ0n) is 14.4. The predicted octanol–water partition coefficient (Wildman–Crippen LogP) is 2.64. The molecule has 0 atom stereocenters. The van der Waals surface area contributed by atoms with Crippen LogP contribution in [0.5, 0.6) is 0 Å². The molecule has 4 aromatic rings. The number of aromatic nitrogens is 4. The molecule has 0 aliphatic rings. The molecule has 2 aromatic carbocycles. The number of anilines is 1. The Morgan fingerprint density at radius 2 is 1.97 bits per heavy atom. The van der Waals surface area contributed by atoms with E-state index in [1.807, 2.05) is 0 Å². The smallest absolute Gasteiger partial charge is 0.328 e. The summed E-state index contributed by atoms with van der Waals surface area (Å²) in [7, 11) is 0. The second-order valence-corrected chi connectivity index (χ2v) is 6.83. The van der Waals surface area contributed by atoms with Crippen LogP contribution in [-0.2, 0) is 20.9 Å². The van der Waals surface area contributed by atoms with Crippen molar-refractivity contribution in [3.8, 4) is 0 Å². The highest BCUT2D eigenvalue weighted by molar-refractivity contribution is 7.22. The van der Waals surface area contributed by atoms with E-state index in [1.165, 1.54) is 4.68 Å². The van der Waals surface area contributed by atoms with Gasteiger partial charge in [0, 0.05) is 0 Å². The fourth-order valence-electron chi connectivity index (χ4n) is 2.53. The van der Waals surface area contributed by atoms with Gasteiger partial charge in [0.1, 0.15) is 17.6 Å². The molecule has 12 heteroatoms. The van der Waals surface area contributed by atoms with Crippen LogP contribution in [-0.4, -0.2) is 38.5 Å². The number of para-hydroxylation sites is 1. The Bertz CT molecular complexity index is 1260. The fourth-order valence-corrected chi connectivity index (χ4v) is 3.44. The van der Waals surface area contributed by atoms with Gasteiger partial charge in [-0.25, -0.2) is 22.8 Å². The standard InChI is InChI=1S/C17H10F3N5O3S/c18-8-5-11-16(15(20)14(8)19)22-17(29-11)21-12(26)7-28-13(27)6-25-10-4-2-1-3-9(10)23-24-25/h1-5H,6-7H2,(H,21,22,26). The van der Waals surface area contributed by atoms with E-state index in [0.29, 0.717) is 11.0 Å². The van der Waals surface area contributed by atoms with E-state index in [-0.39, 0.29) is 16.4 Å². The summed E-state index contributed by atoms with van der Waals surface area (Å²) in [4.78, 5) is 27.6. The van der Waals surface area contributed by atoms with Crippen LogP contribution in [0, 0.1) is 17.5 Å². The van der Waals surface area contributed by atoms with Crippen molar-refractivity contribution < 1.29 is 27.5 Å². The Morgan fingerprint density at radius 1 is 1.17 bits per heavy atom. The fraction of sp³-hybridized carbons (Fsp3) is 0.118. The molecule has 1 N–H and O–H groups in total. The van der Waals surface area contributed by atoms with Crippen molar-refractivity contribution in [2.24, 2.45) is 0 Å². The van der Waals surface area contributed by atoms with Crippen LogP contribution in [0.2, 0.25) is 0 Å². The number of benzene rings is 2. The number of amides is 1. The van der Waals surface area contributed by atoms with E-state index in [2.05, 4.69) is 20.6 Å². The molecule has 0 fully saturated rings. The minimum absolute atomic E-state index is 0.0201. The average molecular weight is 421 g/mol. The number of carbonyl (C=O) groups excluding carboxylic acids is 2. The molecule has 0 aliphatic heterocycles. The summed E-state index contributed by atoms with van der Waals surface area (Å²) in [6.07, 6.45) is 0. The van der Waals surface area contributed by atoms with E-state index in [0.717, 1.165) is 17.4 Å². The van der Waals surface area contributed by atoms with Crippen LogP contribution < -0.4 is 5.32 Å². The number of thiazole rings is 1. The summed E-state index contributed by atoms with van der Waals surface area (Å²) in [6, 6.07) is 7.78. The van der Waals surface area contributed by atoms with E-state index >= 15 is 0 Å². The lowest BCUT2D eigenvalue weighted by atomic mass is 10.3. The zero-order chi connectivity index (χ0) is 20.5. The molecule has 0 aliphatic carbocycles. The molecular formula is C17H10F3N5O3S. The molecule has 0 bridgehead atoms. The molecule has 29 heavy (non-hydrogen) atoms. The minimum Gasteiger partial charge on any atom is -0.454 e. The summed E-state index contributed by atoms with van der Waals surface area (Å²) >= 11 is 0.750. The van der Waals surface area contributed by atoms with Crippen LogP contribution >= 0.6 is 11.3 Å². The Morgan fingerprint density at radius 3 is 2.79 bits per heavy atom. The van der Waals surface area contributed by atoms with Crippen molar-refractivity contribution in [2.45, 2.75) is 6.54 Å². The number of nitrogens with zero attached hydrogens (tertiary/aromatic N) is 4. The lowest BCUT2D eigenvalue weighted by molar-refractivity contribution is -0.148. The maximum Gasteiger partial charge on any atom is 0.328 e. The van der Waals surface area contributed by atoms with Gasteiger partial charge in [0.2, 0.25) is 0 Å². The molecule has 148 valence electrons. The van der Waals surface area contributed by atoms with Crippen LogP contribution in [0.3, 0.4) is 0 Å². The molecular weight excluding hydrogens is 411 g/mol. The first-order chi connectivity index (χ1) is 13.9. The molecule has 2 heterocycles. The molecule has 0 spiro atoms. The maximum atomic E-state index is 13.7. The number of hydrogen-bond donors (Lipinski definition) is 1. The van der Waals surface area contributed by atoms with E-state index in [1.54, 1.807) is 24.3 Å². The summed E-state index contributed by atoms with van der Waals surface area (Å²) in [5.74, 6) is -5.91. The highest BCUT2D eigenvalue weighted by Gasteiger charge is 2.19. The minimum atomic E-state index is -1.64. The van der Waals surface area contributed by atoms with Crippen LogP contribution in [0.25, 0.3) is 21.3 Å². The first-order valence-electron chi connectivity index (χ1n) is 8.10. The Hall–Kier alpha value is -3.54. The monoisotopic (exact) mass is 421 g/mol. The topological polar surface area (TPSA) is 99.0 Å². The first-order valence-corrected chi connectivity index (χ1v) is 8.92. The largest absolute Gasteiger partial charge is 0.454 e. The molecule has 0 saturated carbocycles. The highest BCUT2D eigenvalue weighted by Crippen LogP contribution is 2.30. The van der Waals surface area contributed by atoms with Gasteiger partial charge in [0.05, 0.1) is 10.2 Å². The maximum absolute atomic E-state index is 13.7. The number of nitrogens with one attached hydrogen (secondary N) is 1. The first kappa shape index (κ1) is 18.8. The molecule has 2 aromatic heterocycles. The second-order valence-electron chi connectivity index (χ2n) is 5.80. The highest BCUT2D eigenvalue weighted by atomic mass is 32.1. The van der Waals surface area contributed by atoms with Gasteiger partial charge < -0.3 is 4.74 Å². The van der Waals surface area contributed by atoms with Gasteiger partial charge in [-0.1, -0.05) is 28.7 Å². The van der Waals surface area contributed by atoms with E-state index < -0.39 is 41.5 Å². The SMILES string of the molecule is O=C(COC(=O)Cn1nnc2ccccc21)Nc1nc2c(F)c(F)c(F)cc2s1. The Kier molecular flexibility index (Phi) is 4.84. The summed E-state index contributed by atoms with van der Waals surface area (Å²) < 4.78 is 46.4. The third-order valence-corrected chi connectivity index (χ3v) is 4.75. The van der Waals surface area contributed by atoms with Crippen LogP contribution in [0.1, 0.15) is 0 Å². The molecule has 0 unspecified atom stereocenters. The van der Waals surface area contributed by atoms with Gasteiger partial charge in [-0.05, 0) is 18.2 Å². The Balaban J connectivity index is 1.37. The number of esters is 1. The third kappa shape index (κ3) is 3.74. The van der Waals surface area contributed by atoms with Gasteiger partial charge >= 0.3 is 5.97 Å². The molecule has 1 amide bonds. The third-order valence-electron chi connectivity index (χ3n) is 3.83. The predicted molar refractivity (Wildman–Crippen MR) is 96.6 cm³/mol. The van der Waals surface area contributed by atoms with E-state index in [9.17, 15) is 22.8 Å². The molecule has 8 nitrogen and oxygen atoms in total. The van der Waals surface area contributed by atoms with Gasteiger partial charge in [-0.15, -0.1) is 5.10 Å². The van der Waals surface area contributed by atoms with Crippen LogP contribution in [0.4, 0.5) is 18.3 Å². The quantitative estimate of drug-likeness (QED) is 0.393. The summed E-state index contributed by atoms with van der Waals surface area (Å²) in [5, 5.41) is 9.93.